The minimum absolute atomic E-state index is 0.109. The Morgan fingerprint density at radius 2 is 1.48 bits per heavy atom. The van der Waals surface area contributed by atoms with Crippen molar-refractivity contribution in [3.8, 4) is 5.75 Å². The largest absolute Gasteiger partial charge is 0.487 e. The van der Waals surface area contributed by atoms with E-state index in [1.54, 1.807) is 43.3 Å². The molecule has 0 aliphatic heterocycles. The number of carbonyl (C=O) groups excluding carboxylic acids is 2. The lowest BCUT2D eigenvalue weighted by atomic mass is 10.1. The molecule has 8 nitrogen and oxygen atoms in total. The van der Waals surface area contributed by atoms with Gasteiger partial charge in [0.1, 0.15) is 0 Å². The van der Waals surface area contributed by atoms with Gasteiger partial charge in [0.2, 0.25) is 0 Å². The Balaban J connectivity index is 1.68. The number of amides is 2. The van der Waals surface area contributed by atoms with Crippen LogP contribution in [0.2, 0.25) is 0 Å². The number of benzene rings is 3. The fourth-order valence-corrected chi connectivity index (χ4v) is 2.91. The van der Waals surface area contributed by atoms with Gasteiger partial charge in [0.25, 0.3) is 11.8 Å². The van der Waals surface area contributed by atoms with Gasteiger partial charge in [0.05, 0.1) is 11.5 Å². The van der Waals surface area contributed by atoms with Crippen molar-refractivity contribution in [2.24, 2.45) is 0 Å². The molecule has 0 spiro atoms. The molecule has 2 N–H and O–H groups in total. The summed E-state index contributed by atoms with van der Waals surface area (Å²) >= 11 is 0. The van der Waals surface area contributed by atoms with Crippen molar-refractivity contribution in [3.05, 3.63) is 93.5 Å². The maximum Gasteiger partial charge on any atom is 0.311 e. The number of nitro benzene ring substituents is 1. The van der Waals surface area contributed by atoms with E-state index in [0.29, 0.717) is 16.9 Å². The van der Waals surface area contributed by atoms with Crippen LogP contribution in [0.5, 0.6) is 5.75 Å². The van der Waals surface area contributed by atoms with E-state index in [4.69, 9.17) is 4.74 Å². The van der Waals surface area contributed by atoms with Gasteiger partial charge in [0.15, 0.2) is 5.75 Å². The van der Waals surface area contributed by atoms with E-state index in [0.717, 1.165) is 5.56 Å². The molecule has 3 rings (SSSR count). The number of nitrogens with one attached hydrogen (secondary N) is 2. The first-order valence-corrected chi connectivity index (χ1v) is 9.58. The highest BCUT2D eigenvalue weighted by Crippen LogP contribution is 2.28. The van der Waals surface area contributed by atoms with E-state index in [-0.39, 0.29) is 29.5 Å². The molecular formula is C23H21N3O5. The number of ether oxygens (including phenoxy) is 1. The molecule has 0 heterocycles. The van der Waals surface area contributed by atoms with E-state index < -0.39 is 10.8 Å². The smallest absolute Gasteiger partial charge is 0.311 e. The molecule has 0 unspecified atom stereocenters. The van der Waals surface area contributed by atoms with Crippen molar-refractivity contribution < 1.29 is 19.2 Å². The minimum atomic E-state index is -0.590. The summed E-state index contributed by atoms with van der Waals surface area (Å²) in [6.07, 6.45) is 0. The Morgan fingerprint density at radius 3 is 2.00 bits per heavy atom. The van der Waals surface area contributed by atoms with Gasteiger partial charge < -0.3 is 15.4 Å². The van der Waals surface area contributed by atoms with Gasteiger partial charge >= 0.3 is 5.69 Å². The Kier molecular flexibility index (Phi) is 6.61. The first-order valence-electron chi connectivity index (χ1n) is 9.58. The topological polar surface area (TPSA) is 111 Å². The molecule has 0 aliphatic carbocycles. The molecular weight excluding hydrogens is 398 g/mol. The molecule has 0 fully saturated rings. The molecule has 3 aromatic carbocycles. The quantitative estimate of drug-likeness (QED) is 0.422. The van der Waals surface area contributed by atoms with Crippen LogP contribution in [0.1, 0.15) is 33.2 Å². The van der Waals surface area contributed by atoms with Crippen LogP contribution in [0.15, 0.2) is 66.7 Å². The van der Waals surface area contributed by atoms with Gasteiger partial charge in [-0.2, -0.15) is 0 Å². The van der Waals surface area contributed by atoms with Crippen LogP contribution in [0.4, 0.5) is 17.1 Å². The summed E-state index contributed by atoms with van der Waals surface area (Å²) in [5.41, 5.74) is 2.45. The number of rotatable bonds is 7. The summed E-state index contributed by atoms with van der Waals surface area (Å²) in [5, 5.41) is 16.7. The second-order valence-electron chi connectivity index (χ2n) is 6.73. The van der Waals surface area contributed by atoms with E-state index in [9.17, 15) is 19.7 Å². The summed E-state index contributed by atoms with van der Waals surface area (Å²) in [7, 11) is 0. The number of nitrogens with zero attached hydrogens (tertiary/aromatic N) is 1. The monoisotopic (exact) mass is 419 g/mol. The lowest BCUT2D eigenvalue weighted by Gasteiger charge is -2.09. The van der Waals surface area contributed by atoms with E-state index in [1.807, 2.05) is 19.1 Å². The third-order valence-electron chi connectivity index (χ3n) is 4.40. The highest BCUT2D eigenvalue weighted by Gasteiger charge is 2.18. The van der Waals surface area contributed by atoms with E-state index in [2.05, 4.69) is 10.6 Å². The highest BCUT2D eigenvalue weighted by atomic mass is 16.6. The van der Waals surface area contributed by atoms with Crippen LogP contribution >= 0.6 is 0 Å². The molecule has 158 valence electrons. The molecule has 0 bridgehead atoms. The van der Waals surface area contributed by atoms with Crippen molar-refractivity contribution in [1.82, 2.24) is 0 Å². The third kappa shape index (κ3) is 5.45. The average Bonchev–Trinajstić information content (AvgIpc) is 2.75. The first kappa shape index (κ1) is 21.5. The molecule has 0 aromatic heterocycles. The summed E-state index contributed by atoms with van der Waals surface area (Å²) in [6, 6.07) is 17.9. The Hall–Kier alpha value is -4.20. The van der Waals surface area contributed by atoms with Crippen molar-refractivity contribution in [1.29, 1.82) is 0 Å². The summed E-state index contributed by atoms with van der Waals surface area (Å²) in [4.78, 5) is 35.5. The second-order valence-corrected chi connectivity index (χ2v) is 6.73. The molecule has 0 atom stereocenters. The van der Waals surface area contributed by atoms with Gasteiger partial charge in [-0.15, -0.1) is 0 Å². The SMILES string of the molecule is CCOc1ccc(C(=O)Nc2ccc(NC(=O)c3cccc(C)c3)cc2)cc1[N+](=O)[O-]. The maximum absolute atomic E-state index is 12.5. The van der Waals surface area contributed by atoms with Gasteiger partial charge in [0, 0.05) is 28.6 Å². The van der Waals surface area contributed by atoms with E-state index >= 15 is 0 Å². The van der Waals surface area contributed by atoms with Crippen LogP contribution in [-0.4, -0.2) is 23.3 Å². The number of anilines is 2. The second kappa shape index (κ2) is 9.53. The zero-order valence-corrected chi connectivity index (χ0v) is 17.0. The minimum Gasteiger partial charge on any atom is -0.487 e. The van der Waals surface area contributed by atoms with Crippen molar-refractivity contribution in [2.45, 2.75) is 13.8 Å². The standard InChI is InChI=1S/C23H21N3O5/c1-3-31-21-12-7-17(14-20(21)26(29)30)23(28)25-19-10-8-18(9-11-19)24-22(27)16-6-4-5-15(2)13-16/h4-14H,3H2,1-2H3,(H,24,27)(H,25,28). The zero-order chi connectivity index (χ0) is 22.4. The Morgan fingerprint density at radius 1 is 0.903 bits per heavy atom. The molecule has 3 aromatic rings. The molecule has 0 aliphatic rings. The lowest BCUT2D eigenvalue weighted by molar-refractivity contribution is -0.385. The molecule has 8 heteroatoms. The maximum atomic E-state index is 12.5. The Bertz CT molecular complexity index is 1130. The summed E-state index contributed by atoms with van der Waals surface area (Å²) in [5.74, 6) is -0.623. The van der Waals surface area contributed by atoms with Crippen LogP contribution in [-0.2, 0) is 0 Å². The highest BCUT2D eigenvalue weighted by molar-refractivity contribution is 6.06. The molecule has 0 saturated heterocycles. The van der Waals surface area contributed by atoms with Crippen LogP contribution < -0.4 is 15.4 Å². The number of aryl methyl sites for hydroxylation is 1. The fraction of sp³-hybridized carbons (Fsp3) is 0.130. The van der Waals surface area contributed by atoms with Gasteiger partial charge in [-0.05, 0) is 62.4 Å². The van der Waals surface area contributed by atoms with Gasteiger partial charge in [-0.1, -0.05) is 17.7 Å². The molecule has 0 saturated carbocycles. The number of hydrogen-bond donors (Lipinski definition) is 2. The van der Waals surface area contributed by atoms with Gasteiger partial charge in [-0.25, -0.2) is 0 Å². The van der Waals surface area contributed by atoms with Crippen LogP contribution in [0.25, 0.3) is 0 Å². The van der Waals surface area contributed by atoms with E-state index in [1.165, 1.54) is 18.2 Å². The average molecular weight is 419 g/mol. The van der Waals surface area contributed by atoms with Crippen LogP contribution in [0.3, 0.4) is 0 Å². The zero-order valence-electron chi connectivity index (χ0n) is 17.0. The number of hydrogen-bond acceptors (Lipinski definition) is 5. The predicted molar refractivity (Wildman–Crippen MR) is 118 cm³/mol. The molecule has 31 heavy (non-hydrogen) atoms. The van der Waals surface area contributed by atoms with Crippen LogP contribution in [0, 0.1) is 17.0 Å². The number of nitro groups is 1. The van der Waals surface area contributed by atoms with Crippen molar-refractivity contribution in [2.75, 3.05) is 17.2 Å². The Labute approximate surface area is 179 Å². The number of carbonyl (C=O) groups is 2. The third-order valence-corrected chi connectivity index (χ3v) is 4.40. The van der Waals surface area contributed by atoms with Crippen molar-refractivity contribution >= 4 is 28.9 Å². The normalized spacial score (nSPS) is 10.3. The molecule has 2 amide bonds. The molecule has 0 radical (unpaired) electrons. The lowest BCUT2D eigenvalue weighted by Crippen LogP contribution is -2.13. The van der Waals surface area contributed by atoms with Crippen molar-refractivity contribution in [3.63, 3.8) is 0 Å². The summed E-state index contributed by atoms with van der Waals surface area (Å²) < 4.78 is 5.23. The first-order chi connectivity index (χ1) is 14.9. The fourth-order valence-electron chi connectivity index (χ4n) is 2.91. The van der Waals surface area contributed by atoms with Gasteiger partial charge in [-0.3, -0.25) is 19.7 Å². The summed E-state index contributed by atoms with van der Waals surface area (Å²) in [6.45, 7) is 3.91. The predicted octanol–water partition coefficient (Wildman–Crippen LogP) is 4.81.